The number of rotatable bonds is 8. The molecule has 0 aliphatic carbocycles. The van der Waals surface area contributed by atoms with Crippen LogP contribution in [0.15, 0.2) is 158 Å². The minimum absolute atomic E-state index is 0.665. The number of anilines is 4. The standard InChI is InChI=1S/C36H34N4OSi2/c37-27-11-7-19-33(23-27)42(31-15-3-1-4-16-31,34-20-8-12-28(38)24-34)41-43(32-17-5-2-6-18-32,35-21-9-13-29(39)25-35)36-22-10-14-30(40)26-36/h1-26H,37-40H2. The molecule has 212 valence electrons. The molecule has 6 aromatic carbocycles. The first-order valence-electron chi connectivity index (χ1n) is 14.2. The van der Waals surface area contributed by atoms with Crippen molar-refractivity contribution in [2.24, 2.45) is 0 Å². The highest BCUT2D eigenvalue weighted by Gasteiger charge is 2.53. The average Bonchev–Trinajstić information content (AvgIpc) is 3.03. The largest absolute Gasteiger partial charge is 0.435 e. The molecule has 0 amide bonds. The van der Waals surface area contributed by atoms with Crippen molar-refractivity contribution in [1.29, 1.82) is 0 Å². The van der Waals surface area contributed by atoms with Gasteiger partial charge in [-0.3, -0.25) is 0 Å². The van der Waals surface area contributed by atoms with Gasteiger partial charge in [-0.15, -0.1) is 0 Å². The predicted octanol–water partition coefficient (Wildman–Crippen LogP) is 2.67. The summed E-state index contributed by atoms with van der Waals surface area (Å²) in [6, 6.07) is 53.2. The molecular weight excluding hydrogens is 561 g/mol. The maximum absolute atomic E-state index is 8.22. The van der Waals surface area contributed by atoms with E-state index in [0.29, 0.717) is 22.7 Å². The van der Waals surface area contributed by atoms with Crippen LogP contribution >= 0.6 is 0 Å². The van der Waals surface area contributed by atoms with E-state index in [1.807, 2.05) is 84.9 Å². The fourth-order valence-electron chi connectivity index (χ4n) is 5.96. The van der Waals surface area contributed by atoms with Crippen LogP contribution in [0.4, 0.5) is 22.7 Å². The van der Waals surface area contributed by atoms with Crippen LogP contribution < -0.4 is 54.1 Å². The van der Waals surface area contributed by atoms with E-state index in [2.05, 4.69) is 72.8 Å². The number of hydrogen-bond acceptors (Lipinski definition) is 5. The summed E-state index contributed by atoms with van der Waals surface area (Å²) in [6.07, 6.45) is 0. The van der Waals surface area contributed by atoms with Crippen LogP contribution in [0.5, 0.6) is 0 Å². The third-order valence-electron chi connectivity index (χ3n) is 7.84. The second-order valence-electron chi connectivity index (χ2n) is 10.7. The first-order valence-corrected chi connectivity index (χ1v) is 18.0. The summed E-state index contributed by atoms with van der Waals surface area (Å²) in [5.41, 5.74) is 28.7. The van der Waals surface area contributed by atoms with Gasteiger partial charge in [0.1, 0.15) is 0 Å². The Morgan fingerprint density at radius 3 is 0.814 bits per heavy atom. The van der Waals surface area contributed by atoms with Crippen molar-refractivity contribution in [2.75, 3.05) is 22.9 Å². The SMILES string of the molecule is Nc1cccc([Si](O[Si](c2ccccc2)(c2cccc(N)c2)c2cccc(N)c2)(c2ccccc2)c2cccc(N)c2)c1. The molecule has 6 aromatic rings. The fourth-order valence-corrected chi connectivity index (χ4v) is 16.8. The van der Waals surface area contributed by atoms with Crippen molar-refractivity contribution in [2.45, 2.75) is 0 Å². The molecule has 0 saturated carbocycles. The summed E-state index contributed by atoms with van der Waals surface area (Å²) in [7, 11) is -6.77. The van der Waals surface area contributed by atoms with Gasteiger partial charge in [0, 0.05) is 22.7 Å². The highest BCUT2D eigenvalue weighted by molar-refractivity contribution is 7.18. The Morgan fingerprint density at radius 2 is 0.558 bits per heavy atom. The summed E-state index contributed by atoms with van der Waals surface area (Å²) in [5.74, 6) is 0. The highest BCUT2D eigenvalue weighted by Crippen LogP contribution is 2.21. The smallest absolute Gasteiger partial charge is 0.278 e. The van der Waals surface area contributed by atoms with Gasteiger partial charge in [0.15, 0.2) is 0 Å². The summed E-state index contributed by atoms with van der Waals surface area (Å²) in [6.45, 7) is 0. The zero-order valence-electron chi connectivity index (χ0n) is 23.7. The second kappa shape index (κ2) is 11.7. The van der Waals surface area contributed by atoms with E-state index in [0.717, 1.165) is 31.1 Å². The van der Waals surface area contributed by atoms with Gasteiger partial charge >= 0.3 is 0 Å². The van der Waals surface area contributed by atoms with E-state index in [1.165, 1.54) is 0 Å². The molecule has 0 fully saturated rings. The van der Waals surface area contributed by atoms with Gasteiger partial charge < -0.3 is 27.0 Å². The van der Waals surface area contributed by atoms with Gasteiger partial charge in [0.05, 0.1) is 0 Å². The highest BCUT2D eigenvalue weighted by atomic mass is 28.4. The molecule has 0 unspecified atom stereocenters. The molecule has 6 rings (SSSR count). The van der Waals surface area contributed by atoms with Crippen LogP contribution in [0, 0.1) is 0 Å². The maximum Gasteiger partial charge on any atom is 0.278 e. The normalized spacial score (nSPS) is 11.7. The molecular formula is C36H34N4OSi2. The molecule has 5 nitrogen and oxygen atoms in total. The van der Waals surface area contributed by atoms with Crippen molar-refractivity contribution in [1.82, 2.24) is 0 Å². The van der Waals surface area contributed by atoms with Crippen molar-refractivity contribution >= 4 is 70.5 Å². The fraction of sp³-hybridized carbons (Fsp3) is 0. The Hall–Kier alpha value is -5.09. The first-order chi connectivity index (χ1) is 20.9. The van der Waals surface area contributed by atoms with Crippen LogP contribution in [-0.4, -0.2) is 16.6 Å². The lowest BCUT2D eigenvalue weighted by Gasteiger charge is -2.44. The molecule has 8 N–H and O–H groups in total. The molecule has 0 saturated heterocycles. The van der Waals surface area contributed by atoms with Crippen molar-refractivity contribution in [3.05, 3.63) is 158 Å². The van der Waals surface area contributed by atoms with Gasteiger partial charge in [-0.25, -0.2) is 0 Å². The van der Waals surface area contributed by atoms with Crippen molar-refractivity contribution < 1.29 is 4.12 Å². The summed E-state index contributed by atoms with van der Waals surface area (Å²) in [4.78, 5) is 0. The third-order valence-corrected chi connectivity index (χ3v) is 17.1. The summed E-state index contributed by atoms with van der Waals surface area (Å²) in [5, 5.41) is 6.23. The monoisotopic (exact) mass is 594 g/mol. The second-order valence-corrected chi connectivity index (χ2v) is 17.7. The van der Waals surface area contributed by atoms with Gasteiger partial charge in [-0.2, -0.15) is 0 Å². The Bertz CT molecular complexity index is 1640. The first kappa shape index (κ1) is 28.1. The molecule has 0 aliphatic heterocycles. The molecule has 0 radical (unpaired) electrons. The zero-order valence-corrected chi connectivity index (χ0v) is 25.7. The number of hydrogen-bond donors (Lipinski definition) is 4. The van der Waals surface area contributed by atoms with E-state index in [9.17, 15) is 0 Å². The number of nitrogen functional groups attached to an aromatic ring is 4. The molecule has 0 aromatic heterocycles. The molecule has 0 aliphatic rings. The quantitative estimate of drug-likeness (QED) is 0.123. The molecule has 0 spiro atoms. The molecule has 0 heterocycles. The van der Waals surface area contributed by atoms with Crippen molar-refractivity contribution in [3.8, 4) is 0 Å². The molecule has 0 bridgehead atoms. The Balaban J connectivity index is 1.81. The van der Waals surface area contributed by atoms with E-state index in [-0.39, 0.29) is 0 Å². The summed E-state index contributed by atoms with van der Waals surface area (Å²) < 4.78 is 8.22. The van der Waals surface area contributed by atoms with E-state index in [1.54, 1.807) is 0 Å². The molecule has 43 heavy (non-hydrogen) atoms. The van der Waals surface area contributed by atoms with Crippen LogP contribution in [0.3, 0.4) is 0 Å². The van der Waals surface area contributed by atoms with Gasteiger partial charge in [0.25, 0.3) is 16.6 Å². The zero-order chi connectivity index (χ0) is 29.9. The van der Waals surface area contributed by atoms with Crippen LogP contribution in [0.2, 0.25) is 0 Å². The van der Waals surface area contributed by atoms with E-state index < -0.39 is 16.6 Å². The van der Waals surface area contributed by atoms with Gasteiger partial charge in [-0.05, 0) is 79.7 Å². The predicted molar refractivity (Wildman–Crippen MR) is 187 cm³/mol. The van der Waals surface area contributed by atoms with Crippen molar-refractivity contribution in [3.63, 3.8) is 0 Å². The maximum atomic E-state index is 8.22. The van der Waals surface area contributed by atoms with Crippen LogP contribution in [-0.2, 0) is 4.12 Å². The number of nitrogens with two attached hydrogens (primary N) is 4. The lowest BCUT2D eigenvalue weighted by molar-refractivity contribution is 0.600. The lowest BCUT2D eigenvalue weighted by atomic mass is 10.3. The third kappa shape index (κ3) is 5.21. The van der Waals surface area contributed by atoms with Gasteiger partial charge in [-0.1, -0.05) is 109 Å². The lowest BCUT2D eigenvalue weighted by Crippen LogP contribution is -2.81. The summed E-state index contributed by atoms with van der Waals surface area (Å²) >= 11 is 0. The van der Waals surface area contributed by atoms with Gasteiger partial charge in [0.2, 0.25) is 0 Å². The average molecular weight is 595 g/mol. The minimum atomic E-state index is -3.39. The van der Waals surface area contributed by atoms with Crippen LogP contribution in [0.25, 0.3) is 0 Å². The molecule has 7 heteroatoms. The molecule has 0 atom stereocenters. The number of benzene rings is 6. The topological polar surface area (TPSA) is 113 Å². The minimum Gasteiger partial charge on any atom is -0.435 e. The van der Waals surface area contributed by atoms with E-state index in [4.69, 9.17) is 27.0 Å². The Kier molecular flexibility index (Phi) is 7.60. The Morgan fingerprint density at radius 1 is 0.302 bits per heavy atom. The Labute approximate surface area is 254 Å². The van der Waals surface area contributed by atoms with E-state index >= 15 is 0 Å². The van der Waals surface area contributed by atoms with Crippen LogP contribution in [0.1, 0.15) is 0 Å².